The molecule has 0 aliphatic heterocycles. The van der Waals surface area contributed by atoms with E-state index in [0.717, 1.165) is 22.9 Å². The van der Waals surface area contributed by atoms with Gasteiger partial charge in [-0.1, -0.05) is 24.3 Å². The Morgan fingerprint density at radius 1 is 0.760 bits per heavy atom. The molecule has 3 nitrogen and oxygen atoms in total. The summed E-state index contributed by atoms with van der Waals surface area (Å²) in [4.78, 5) is 4.19. The van der Waals surface area contributed by atoms with Crippen LogP contribution in [0.3, 0.4) is 0 Å². The monoisotopic (exact) mass is 329 g/mol. The van der Waals surface area contributed by atoms with Gasteiger partial charge in [0.25, 0.3) is 0 Å². The molecule has 124 valence electrons. The van der Waals surface area contributed by atoms with Crippen molar-refractivity contribution in [3.63, 3.8) is 0 Å². The van der Waals surface area contributed by atoms with Crippen LogP contribution >= 0.6 is 0 Å². The molecule has 3 rings (SSSR count). The SMILES string of the molecule is CC(C)(C#Cc1ccccn1)Oc1ccc(Oc2ccccc2)cc1. The van der Waals surface area contributed by atoms with Crippen LogP contribution in [0.25, 0.3) is 0 Å². The number of nitrogens with zero attached hydrogens (tertiary/aromatic N) is 1. The summed E-state index contributed by atoms with van der Waals surface area (Å²) in [6.45, 7) is 3.86. The maximum absolute atomic E-state index is 5.97. The number of pyridine rings is 1. The van der Waals surface area contributed by atoms with Gasteiger partial charge in [0.1, 0.15) is 22.9 Å². The second-order valence-corrected chi connectivity index (χ2v) is 5.96. The third-order valence-corrected chi connectivity index (χ3v) is 3.33. The average Bonchev–Trinajstić information content (AvgIpc) is 2.63. The Hall–Kier alpha value is -3.25. The van der Waals surface area contributed by atoms with Crippen LogP contribution in [0.4, 0.5) is 0 Å². The predicted octanol–water partition coefficient (Wildman–Crippen LogP) is 5.08. The number of rotatable bonds is 4. The fraction of sp³-hybridized carbons (Fsp3) is 0.136. The number of hydrogen-bond acceptors (Lipinski definition) is 3. The highest BCUT2D eigenvalue weighted by atomic mass is 16.5. The Kier molecular flexibility index (Phi) is 5.01. The summed E-state index contributed by atoms with van der Waals surface area (Å²) in [5, 5.41) is 0. The third-order valence-electron chi connectivity index (χ3n) is 3.33. The Labute approximate surface area is 148 Å². The molecule has 0 aliphatic carbocycles. The maximum atomic E-state index is 5.97. The minimum atomic E-state index is -0.626. The highest BCUT2D eigenvalue weighted by Crippen LogP contribution is 2.25. The van der Waals surface area contributed by atoms with E-state index in [1.54, 1.807) is 6.20 Å². The molecule has 1 heterocycles. The van der Waals surface area contributed by atoms with Crippen molar-refractivity contribution >= 4 is 0 Å². The second-order valence-electron chi connectivity index (χ2n) is 5.96. The molecule has 0 atom stereocenters. The van der Waals surface area contributed by atoms with E-state index in [1.807, 2.05) is 86.6 Å². The zero-order valence-electron chi connectivity index (χ0n) is 14.3. The van der Waals surface area contributed by atoms with Gasteiger partial charge in [-0.25, -0.2) is 4.98 Å². The molecule has 0 unspecified atom stereocenters. The molecule has 3 heteroatoms. The summed E-state index contributed by atoms with van der Waals surface area (Å²) in [7, 11) is 0. The molecule has 0 bridgehead atoms. The average molecular weight is 329 g/mol. The summed E-state index contributed by atoms with van der Waals surface area (Å²) in [6.07, 6.45) is 1.73. The minimum Gasteiger partial charge on any atom is -0.475 e. The summed E-state index contributed by atoms with van der Waals surface area (Å²) >= 11 is 0. The van der Waals surface area contributed by atoms with E-state index in [9.17, 15) is 0 Å². The van der Waals surface area contributed by atoms with Gasteiger partial charge in [-0.3, -0.25) is 0 Å². The number of ether oxygens (including phenoxy) is 2. The first-order valence-corrected chi connectivity index (χ1v) is 8.07. The standard InChI is InChI=1S/C22H19NO2/c1-22(2,16-15-18-8-6-7-17-23-18)25-21-13-11-20(12-14-21)24-19-9-4-3-5-10-19/h3-14,17H,1-2H3. The molecule has 1 aromatic heterocycles. The lowest BCUT2D eigenvalue weighted by molar-refractivity contribution is 0.172. The number of aromatic nitrogens is 1. The topological polar surface area (TPSA) is 31.4 Å². The first-order chi connectivity index (χ1) is 12.1. The number of hydrogen-bond donors (Lipinski definition) is 0. The van der Waals surface area contributed by atoms with Gasteiger partial charge in [0.05, 0.1) is 0 Å². The Morgan fingerprint density at radius 3 is 2.08 bits per heavy atom. The van der Waals surface area contributed by atoms with Gasteiger partial charge in [-0.05, 0) is 74.2 Å². The van der Waals surface area contributed by atoms with Gasteiger partial charge in [-0.2, -0.15) is 0 Å². The van der Waals surface area contributed by atoms with Gasteiger partial charge < -0.3 is 9.47 Å². The Balaban J connectivity index is 1.65. The first kappa shape index (κ1) is 16.6. The van der Waals surface area contributed by atoms with Crippen LogP contribution in [-0.4, -0.2) is 10.6 Å². The second kappa shape index (κ2) is 7.55. The molecule has 0 aliphatic rings. The fourth-order valence-electron chi connectivity index (χ4n) is 2.17. The van der Waals surface area contributed by atoms with Crippen LogP contribution < -0.4 is 9.47 Å². The van der Waals surface area contributed by atoms with Crippen molar-refractivity contribution in [3.8, 4) is 29.1 Å². The van der Waals surface area contributed by atoms with E-state index in [2.05, 4.69) is 16.8 Å². The molecule has 0 N–H and O–H groups in total. The first-order valence-electron chi connectivity index (χ1n) is 8.07. The molecule has 2 aromatic carbocycles. The molecule has 25 heavy (non-hydrogen) atoms. The predicted molar refractivity (Wildman–Crippen MR) is 98.8 cm³/mol. The van der Waals surface area contributed by atoms with Gasteiger partial charge in [0.15, 0.2) is 5.60 Å². The zero-order valence-corrected chi connectivity index (χ0v) is 14.3. The molecular weight excluding hydrogens is 310 g/mol. The molecule has 0 amide bonds. The molecule has 3 aromatic rings. The van der Waals surface area contributed by atoms with Crippen LogP contribution in [-0.2, 0) is 0 Å². The lowest BCUT2D eigenvalue weighted by atomic mass is 10.1. The van der Waals surface area contributed by atoms with Crippen LogP contribution in [0.5, 0.6) is 17.2 Å². The quantitative estimate of drug-likeness (QED) is 0.625. The van der Waals surface area contributed by atoms with Gasteiger partial charge in [-0.15, -0.1) is 0 Å². The smallest absolute Gasteiger partial charge is 0.164 e. The highest BCUT2D eigenvalue weighted by Gasteiger charge is 2.16. The van der Waals surface area contributed by atoms with E-state index in [1.165, 1.54) is 0 Å². The summed E-state index contributed by atoms with van der Waals surface area (Å²) < 4.78 is 11.7. The maximum Gasteiger partial charge on any atom is 0.164 e. The molecule has 0 fully saturated rings. The van der Waals surface area contributed by atoms with E-state index in [0.29, 0.717) is 0 Å². The lowest BCUT2D eigenvalue weighted by Crippen LogP contribution is -2.25. The largest absolute Gasteiger partial charge is 0.475 e. The van der Waals surface area contributed by atoms with Gasteiger partial charge in [0, 0.05) is 6.20 Å². The Morgan fingerprint density at radius 2 is 1.40 bits per heavy atom. The summed E-state index contributed by atoms with van der Waals surface area (Å²) in [5.74, 6) is 8.45. The van der Waals surface area contributed by atoms with Crippen molar-refractivity contribution in [2.45, 2.75) is 19.4 Å². The minimum absolute atomic E-state index is 0.626. The van der Waals surface area contributed by atoms with Crippen molar-refractivity contribution in [2.24, 2.45) is 0 Å². The molecule has 0 saturated carbocycles. The van der Waals surface area contributed by atoms with Gasteiger partial charge in [0.2, 0.25) is 0 Å². The molecule has 0 spiro atoms. The van der Waals surface area contributed by atoms with Crippen molar-refractivity contribution in [2.75, 3.05) is 0 Å². The van der Waals surface area contributed by atoms with Crippen molar-refractivity contribution in [1.29, 1.82) is 0 Å². The molecule has 0 saturated heterocycles. The van der Waals surface area contributed by atoms with E-state index >= 15 is 0 Å². The van der Waals surface area contributed by atoms with E-state index in [-0.39, 0.29) is 0 Å². The van der Waals surface area contributed by atoms with Crippen LogP contribution in [0.15, 0.2) is 79.0 Å². The summed E-state index contributed by atoms with van der Waals surface area (Å²) in [5.41, 5.74) is 0.102. The normalized spacial score (nSPS) is 10.5. The third kappa shape index (κ3) is 5.12. The van der Waals surface area contributed by atoms with Crippen LogP contribution in [0, 0.1) is 11.8 Å². The van der Waals surface area contributed by atoms with Crippen molar-refractivity contribution in [1.82, 2.24) is 4.98 Å². The van der Waals surface area contributed by atoms with Crippen LogP contribution in [0.1, 0.15) is 19.5 Å². The van der Waals surface area contributed by atoms with Gasteiger partial charge >= 0.3 is 0 Å². The Bertz CT molecular complexity index is 861. The molecule has 0 radical (unpaired) electrons. The number of para-hydroxylation sites is 1. The number of benzene rings is 2. The lowest BCUT2D eigenvalue weighted by Gasteiger charge is -2.20. The summed E-state index contributed by atoms with van der Waals surface area (Å²) in [6, 6.07) is 22.8. The van der Waals surface area contributed by atoms with E-state index in [4.69, 9.17) is 9.47 Å². The molecular formula is C22H19NO2. The zero-order chi connectivity index (χ0) is 17.5. The van der Waals surface area contributed by atoms with Crippen LogP contribution in [0.2, 0.25) is 0 Å². The van der Waals surface area contributed by atoms with E-state index < -0.39 is 5.60 Å². The van der Waals surface area contributed by atoms with Crippen molar-refractivity contribution in [3.05, 3.63) is 84.7 Å². The fourth-order valence-corrected chi connectivity index (χ4v) is 2.17. The highest BCUT2D eigenvalue weighted by molar-refractivity contribution is 5.36. The van der Waals surface area contributed by atoms with Crippen molar-refractivity contribution < 1.29 is 9.47 Å².